The SMILES string of the molecule is Cc1ccc(CC(NC=O)c2ccccc2C(F)(F)F)cc1. The van der Waals surface area contributed by atoms with Gasteiger partial charge in [0.1, 0.15) is 0 Å². The third-order valence-corrected chi connectivity index (χ3v) is 3.47. The van der Waals surface area contributed by atoms with Gasteiger partial charge in [0, 0.05) is 0 Å². The van der Waals surface area contributed by atoms with E-state index in [9.17, 15) is 18.0 Å². The lowest BCUT2D eigenvalue weighted by molar-refractivity contribution is -0.138. The molecule has 0 bridgehead atoms. The van der Waals surface area contributed by atoms with Crippen molar-refractivity contribution >= 4 is 6.41 Å². The molecule has 2 aromatic rings. The van der Waals surface area contributed by atoms with Crippen LogP contribution in [-0.4, -0.2) is 6.41 Å². The molecule has 1 atom stereocenters. The van der Waals surface area contributed by atoms with E-state index in [1.165, 1.54) is 12.1 Å². The van der Waals surface area contributed by atoms with Crippen molar-refractivity contribution in [2.24, 2.45) is 0 Å². The summed E-state index contributed by atoms with van der Waals surface area (Å²) in [6, 6.07) is 12.1. The van der Waals surface area contributed by atoms with Gasteiger partial charge >= 0.3 is 6.18 Å². The van der Waals surface area contributed by atoms with E-state index in [0.717, 1.165) is 17.2 Å². The van der Waals surface area contributed by atoms with Gasteiger partial charge < -0.3 is 5.32 Å². The van der Waals surface area contributed by atoms with Crippen molar-refractivity contribution in [2.75, 3.05) is 0 Å². The molecule has 22 heavy (non-hydrogen) atoms. The number of amides is 1. The van der Waals surface area contributed by atoms with E-state index in [0.29, 0.717) is 12.8 Å². The number of hydrogen-bond acceptors (Lipinski definition) is 1. The molecule has 1 N–H and O–H groups in total. The molecule has 0 aliphatic carbocycles. The number of aryl methyl sites for hydroxylation is 1. The third kappa shape index (κ3) is 3.87. The van der Waals surface area contributed by atoms with E-state index >= 15 is 0 Å². The van der Waals surface area contributed by atoms with Crippen LogP contribution in [-0.2, 0) is 17.4 Å². The molecule has 0 saturated carbocycles. The molecule has 2 nitrogen and oxygen atoms in total. The van der Waals surface area contributed by atoms with Gasteiger partial charge in [0.25, 0.3) is 0 Å². The summed E-state index contributed by atoms with van der Waals surface area (Å²) in [5.74, 6) is 0. The highest BCUT2D eigenvalue weighted by molar-refractivity contribution is 5.49. The predicted molar refractivity (Wildman–Crippen MR) is 78.3 cm³/mol. The summed E-state index contributed by atoms with van der Waals surface area (Å²) >= 11 is 0. The quantitative estimate of drug-likeness (QED) is 0.830. The van der Waals surface area contributed by atoms with Gasteiger partial charge in [-0.25, -0.2) is 0 Å². The van der Waals surface area contributed by atoms with Gasteiger partial charge in [-0.2, -0.15) is 13.2 Å². The maximum Gasteiger partial charge on any atom is 0.416 e. The zero-order valence-electron chi connectivity index (χ0n) is 12.0. The third-order valence-electron chi connectivity index (χ3n) is 3.47. The van der Waals surface area contributed by atoms with Crippen LogP contribution in [0.2, 0.25) is 0 Å². The van der Waals surface area contributed by atoms with E-state index in [1.54, 1.807) is 6.07 Å². The Bertz CT molecular complexity index is 635. The Balaban J connectivity index is 2.36. The zero-order valence-corrected chi connectivity index (χ0v) is 12.0. The van der Waals surface area contributed by atoms with E-state index in [-0.39, 0.29) is 5.56 Å². The van der Waals surface area contributed by atoms with Crippen molar-refractivity contribution in [3.63, 3.8) is 0 Å². The Hall–Kier alpha value is -2.30. The van der Waals surface area contributed by atoms with Gasteiger partial charge in [0.2, 0.25) is 6.41 Å². The summed E-state index contributed by atoms with van der Waals surface area (Å²) in [7, 11) is 0. The maximum atomic E-state index is 13.1. The largest absolute Gasteiger partial charge is 0.416 e. The molecular weight excluding hydrogens is 291 g/mol. The lowest BCUT2D eigenvalue weighted by Gasteiger charge is -2.21. The van der Waals surface area contributed by atoms with Crippen LogP contribution in [0.25, 0.3) is 0 Å². The van der Waals surface area contributed by atoms with Crippen molar-refractivity contribution in [2.45, 2.75) is 25.6 Å². The predicted octanol–water partition coefficient (Wildman–Crippen LogP) is 4.04. The molecule has 116 valence electrons. The fraction of sp³-hybridized carbons (Fsp3) is 0.235. The summed E-state index contributed by atoms with van der Waals surface area (Å²) in [5.41, 5.74) is 1.28. The first-order chi connectivity index (χ1) is 10.4. The van der Waals surface area contributed by atoms with Crippen LogP contribution in [0.3, 0.4) is 0 Å². The van der Waals surface area contributed by atoms with Crippen molar-refractivity contribution in [1.82, 2.24) is 5.32 Å². The number of carbonyl (C=O) groups excluding carboxylic acids is 1. The summed E-state index contributed by atoms with van der Waals surface area (Å²) in [6.45, 7) is 1.93. The normalized spacial score (nSPS) is 12.7. The maximum absolute atomic E-state index is 13.1. The van der Waals surface area contributed by atoms with Gasteiger partial charge in [-0.15, -0.1) is 0 Å². The molecule has 1 unspecified atom stereocenters. The van der Waals surface area contributed by atoms with Crippen LogP contribution >= 0.6 is 0 Å². The molecule has 0 heterocycles. The number of halogens is 3. The number of benzene rings is 2. The second kappa shape index (κ2) is 6.64. The number of rotatable bonds is 5. The van der Waals surface area contributed by atoms with Gasteiger partial charge in [0.05, 0.1) is 11.6 Å². The van der Waals surface area contributed by atoms with Crippen molar-refractivity contribution < 1.29 is 18.0 Å². The van der Waals surface area contributed by atoms with E-state index in [2.05, 4.69) is 5.32 Å². The summed E-state index contributed by atoms with van der Waals surface area (Å²) in [5, 5.41) is 2.49. The Morgan fingerprint density at radius 3 is 2.32 bits per heavy atom. The zero-order chi connectivity index (χ0) is 16.2. The van der Waals surface area contributed by atoms with Crippen LogP contribution in [0.1, 0.15) is 28.3 Å². The van der Waals surface area contributed by atoms with Crippen molar-refractivity contribution in [1.29, 1.82) is 0 Å². The Kier molecular flexibility index (Phi) is 4.85. The first-order valence-corrected chi connectivity index (χ1v) is 6.83. The lowest BCUT2D eigenvalue weighted by Crippen LogP contribution is -2.24. The molecule has 1 amide bonds. The topological polar surface area (TPSA) is 29.1 Å². The number of hydrogen-bond donors (Lipinski definition) is 1. The number of nitrogens with one attached hydrogen (secondary N) is 1. The standard InChI is InChI=1S/C17H16F3NO/c1-12-6-8-13(9-7-12)10-16(21-11-22)14-4-2-3-5-15(14)17(18,19)20/h2-9,11,16H,10H2,1H3,(H,21,22). The Morgan fingerprint density at radius 2 is 1.73 bits per heavy atom. The summed E-state index contributed by atoms with van der Waals surface area (Å²) in [6.07, 6.45) is -3.72. The van der Waals surface area contributed by atoms with Crippen LogP contribution in [0.15, 0.2) is 48.5 Å². The first-order valence-electron chi connectivity index (χ1n) is 6.83. The van der Waals surface area contributed by atoms with Crippen LogP contribution < -0.4 is 5.32 Å². The van der Waals surface area contributed by atoms with Crippen LogP contribution in [0, 0.1) is 6.92 Å². The minimum absolute atomic E-state index is 0.0719. The molecule has 2 rings (SSSR count). The van der Waals surface area contributed by atoms with E-state index in [1.807, 2.05) is 31.2 Å². The molecule has 0 aromatic heterocycles. The highest BCUT2D eigenvalue weighted by atomic mass is 19.4. The average Bonchev–Trinajstić information content (AvgIpc) is 2.48. The fourth-order valence-electron chi connectivity index (χ4n) is 2.36. The second-order valence-corrected chi connectivity index (χ2v) is 5.11. The summed E-state index contributed by atoms with van der Waals surface area (Å²) in [4.78, 5) is 10.8. The van der Waals surface area contributed by atoms with E-state index < -0.39 is 17.8 Å². The monoisotopic (exact) mass is 307 g/mol. The molecule has 0 radical (unpaired) electrons. The minimum atomic E-state index is -4.45. The average molecular weight is 307 g/mol. The molecule has 0 spiro atoms. The van der Waals surface area contributed by atoms with E-state index in [4.69, 9.17) is 0 Å². The van der Waals surface area contributed by atoms with Gasteiger partial charge in [-0.05, 0) is 30.5 Å². The molecule has 0 aliphatic heterocycles. The van der Waals surface area contributed by atoms with Gasteiger partial charge in [-0.3, -0.25) is 4.79 Å². The molecule has 0 saturated heterocycles. The molecule has 0 fully saturated rings. The van der Waals surface area contributed by atoms with Crippen LogP contribution in [0.5, 0.6) is 0 Å². The second-order valence-electron chi connectivity index (χ2n) is 5.11. The minimum Gasteiger partial charge on any atom is -0.352 e. The smallest absolute Gasteiger partial charge is 0.352 e. The lowest BCUT2D eigenvalue weighted by atomic mass is 9.94. The molecule has 2 aromatic carbocycles. The molecule has 5 heteroatoms. The number of alkyl halides is 3. The molecule has 0 aliphatic rings. The highest BCUT2D eigenvalue weighted by Crippen LogP contribution is 2.35. The Morgan fingerprint density at radius 1 is 1.09 bits per heavy atom. The van der Waals surface area contributed by atoms with Gasteiger partial charge in [0.15, 0.2) is 0 Å². The first kappa shape index (κ1) is 16.1. The molecular formula is C17H16F3NO. The van der Waals surface area contributed by atoms with Crippen molar-refractivity contribution in [3.8, 4) is 0 Å². The highest BCUT2D eigenvalue weighted by Gasteiger charge is 2.34. The Labute approximate surface area is 127 Å². The van der Waals surface area contributed by atoms with Crippen molar-refractivity contribution in [3.05, 3.63) is 70.8 Å². The number of carbonyl (C=O) groups is 1. The fourth-order valence-corrected chi connectivity index (χ4v) is 2.36. The van der Waals surface area contributed by atoms with Crippen LogP contribution in [0.4, 0.5) is 13.2 Å². The van der Waals surface area contributed by atoms with Gasteiger partial charge in [-0.1, -0.05) is 48.0 Å². The summed E-state index contributed by atoms with van der Waals surface area (Å²) < 4.78 is 39.4.